The molecule has 3 aromatic rings. The van der Waals surface area contributed by atoms with Crippen LogP contribution in [0.25, 0.3) is 6.08 Å². The molecule has 0 bridgehead atoms. The Hall–Kier alpha value is -2.54. The number of halogens is 3. The van der Waals surface area contributed by atoms with Crippen LogP contribution in [0.3, 0.4) is 0 Å². The molecule has 32 heavy (non-hydrogen) atoms. The molecule has 0 spiro atoms. The standard InChI is InChI=1S/C24H17BrClIN2O3/c1-31-22-11-15(9-17(13-28)24(30)29-19-7-4-6-18(26)12-19)10-21(27)23(22)32-14-16-5-2-3-8-20(16)25/h2-12H,14H2,1H3,(H,29,30)/b17-9+. The minimum atomic E-state index is -0.530. The summed E-state index contributed by atoms with van der Waals surface area (Å²) in [7, 11) is 1.54. The van der Waals surface area contributed by atoms with Crippen LogP contribution < -0.4 is 14.8 Å². The number of methoxy groups -OCH3 is 1. The van der Waals surface area contributed by atoms with E-state index in [0.717, 1.165) is 13.6 Å². The van der Waals surface area contributed by atoms with Crippen molar-refractivity contribution < 1.29 is 14.3 Å². The number of carbonyl (C=O) groups is 1. The molecule has 0 unspecified atom stereocenters. The summed E-state index contributed by atoms with van der Waals surface area (Å²) in [6.45, 7) is 0.356. The van der Waals surface area contributed by atoms with E-state index in [1.807, 2.05) is 36.4 Å². The number of carbonyl (C=O) groups excluding carboxylic acids is 1. The van der Waals surface area contributed by atoms with Gasteiger partial charge < -0.3 is 14.8 Å². The molecule has 0 atom stereocenters. The fourth-order valence-electron chi connectivity index (χ4n) is 2.81. The van der Waals surface area contributed by atoms with Crippen LogP contribution in [0.15, 0.2) is 70.7 Å². The van der Waals surface area contributed by atoms with Gasteiger partial charge in [0.1, 0.15) is 18.2 Å². The van der Waals surface area contributed by atoms with Crippen molar-refractivity contribution >= 4 is 67.8 Å². The molecular formula is C24H17BrClIN2O3. The number of nitriles is 1. The average molecular weight is 624 g/mol. The normalized spacial score (nSPS) is 10.9. The first-order chi connectivity index (χ1) is 15.4. The average Bonchev–Trinajstić information content (AvgIpc) is 2.77. The minimum absolute atomic E-state index is 0.0512. The van der Waals surface area contributed by atoms with Crippen molar-refractivity contribution in [2.75, 3.05) is 12.4 Å². The third-order valence-corrected chi connectivity index (χ3v) is 6.15. The Morgan fingerprint density at radius 1 is 1.22 bits per heavy atom. The molecule has 0 saturated carbocycles. The van der Waals surface area contributed by atoms with Gasteiger partial charge in [-0.25, -0.2) is 0 Å². The van der Waals surface area contributed by atoms with E-state index in [2.05, 4.69) is 43.8 Å². The zero-order chi connectivity index (χ0) is 23.1. The molecule has 0 aliphatic carbocycles. The van der Waals surface area contributed by atoms with Gasteiger partial charge in [0.2, 0.25) is 0 Å². The number of hydrogen-bond acceptors (Lipinski definition) is 4. The maximum absolute atomic E-state index is 12.5. The summed E-state index contributed by atoms with van der Waals surface area (Å²) in [5, 5.41) is 12.7. The lowest BCUT2D eigenvalue weighted by Crippen LogP contribution is -2.13. The van der Waals surface area contributed by atoms with Crippen LogP contribution in [0.4, 0.5) is 5.69 Å². The smallest absolute Gasteiger partial charge is 0.266 e. The number of nitrogens with one attached hydrogen (secondary N) is 1. The Kier molecular flexibility index (Phi) is 8.56. The lowest BCUT2D eigenvalue weighted by molar-refractivity contribution is -0.112. The van der Waals surface area contributed by atoms with Gasteiger partial charge in [-0.3, -0.25) is 4.79 Å². The van der Waals surface area contributed by atoms with Crippen LogP contribution in [0.5, 0.6) is 11.5 Å². The van der Waals surface area contributed by atoms with Crippen molar-refractivity contribution in [1.29, 1.82) is 5.26 Å². The molecule has 0 fully saturated rings. The Morgan fingerprint density at radius 2 is 2.00 bits per heavy atom. The monoisotopic (exact) mass is 622 g/mol. The maximum Gasteiger partial charge on any atom is 0.266 e. The number of benzene rings is 3. The van der Waals surface area contributed by atoms with E-state index < -0.39 is 5.91 Å². The number of ether oxygens (including phenoxy) is 2. The Morgan fingerprint density at radius 3 is 2.69 bits per heavy atom. The summed E-state index contributed by atoms with van der Waals surface area (Å²) in [5.74, 6) is 0.559. The molecule has 0 saturated heterocycles. The van der Waals surface area contributed by atoms with E-state index in [9.17, 15) is 10.1 Å². The molecule has 3 aromatic carbocycles. The zero-order valence-corrected chi connectivity index (χ0v) is 21.4. The van der Waals surface area contributed by atoms with E-state index >= 15 is 0 Å². The Labute approximate surface area is 213 Å². The van der Waals surface area contributed by atoms with Crippen molar-refractivity contribution in [3.8, 4) is 17.6 Å². The quantitative estimate of drug-likeness (QED) is 0.178. The Bertz CT molecular complexity index is 1220. The molecule has 8 heteroatoms. The molecule has 1 N–H and O–H groups in total. The highest BCUT2D eigenvalue weighted by Crippen LogP contribution is 2.35. The molecule has 0 radical (unpaired) electrons. The van der Waals surface area contributed by atoms with Crippen LogP contribution in [0.1, 0.15) is 11.1 Å². The van der Waals surface area contributed by atoms with Crippen LogP contribution in [-0.4, -0.2) is 13.0 Å². The molecule has 0 heterocycles. The zero-order valence-electron chi connectivity index (χ0n) is 16.9. The van der Waals surface area contributed by atoms with E-state index in [1.54, 1.807) is 37.4 Å². The van der Waals surface area contributed by atoms with Crippen molar-refractivity contribution in [2.45, 2.75) is 6.61 Å². The fourth-order valence-corrected chi connectivity index (χ4v) is 4.18. The fraction of sp³-hybridized carbons (Fsp3) is 0.0833. The second kappa shape index (κ2) is 11.4. The highest BCUT2D eigenvalue weighted by molar-refractivity contribution is 14.1. The van der Waals surface area contributed by atoms with E-state index in [1.165, 1.54) is 6.08 Å². The molecule has 0 aliphatic rings. The van der Waals surface area contributed by atoms with Crippen LogP contribution in [0.2, 0.25) is 5.02 Å². The molecule has 0 aromatic heterocycles. The lowest BCUT2D eigenvalue weighted by Gasteiger charge is -2.14. The molecule has 1 amide bonds. The van der Waals surface area contributed by atoms with Gasteiger partial charge in [-0.1, -0.05) is 51.8 Å². The topological polar surface area (TPSA) is 71.3 Å². The number of hydrogen-bond donors (Lipinski definition) is 1. The predicted molar refractivity (Wildman–Crippen MR) is 138 cm³/mol. The van der Waals surface area contributed by atoms with Gasteiger partial charge in [0, 0.05) is 20.7 Å². The first-order valence-electron chi connectivity index (χ1n) is 9.33. The Balaban J connectivity index is 1.83. The van der Waals surface area contributed by atoms with Gasteiger partial charge in [-0.05, 0) is 70.6 Å². The SMILES string of the molecule is COc1cc(/C=C(\C#N)C(=O)Nc2cccc(Cl)c2)cc(I)c1OCc1ccccc1Br. The van der Waals surface area contributed by atoms with Crippen LogP contribution in [0, 0.1) is 14.9 Å². The van der Waals surface area contributed by atoms with Gasteiger partial charge in [-0.2, -0.15) is 5.26 Å². The molecule has 162 valence electrons. The second-order valence-corrected chi connectivity index (χ2v) is 9.00. The third-order valence-electron chi connectivity index (χ3n) is 4.34. The predicted octanol–water partition coefficient (Wildman–Crippen LogP) is 6.84. The van der Waals surface area contributed by atoms with Gasteiger partial charge in [0.25, 0.3) is 5.91 Å². The first kappa shape index (κ1) is 24.1. The number of nitrogens with zero attached hydrogens (tertiary/aromatic N) is 1. The summed E-state index contributed by atoms with van der Waals surface area (Å²) in [6, 6.07) is 20.0. The van der Waals surface area contributed by atoms with E-state index in [0.29, 0.717) is 34.4 Å². The third kappa shape index (κ3) is 6.25. The van der Waals surface area contributed by atoms with Crippen molar-refractivity contribution in [3.63, 3.8) is 0 Å². The van der Waals surface area contributed by atoms with Gasteiger partial charge in [0.05, 0.1) is 10.7 Å². The number of amides is 1. The van der Waals surface area contributed by atoms with Gasteiger partial charge >= 0.3 is 0 Å². The van der Waals surface area contributed by atoms with Crippen molar-refractivity contribution in [1.82, 2.24) is 0 Å². The summed E-state index contributed by atoms with van der Waals surface area (Å²) in [6.07, 6.45) is 1.50. The molecular weight excluding hydrogens is 607 g/mol. The largest absolute Gasteiger partial charge is 0.493 e. The molecule has 3 rings (SSSR count). The summed E-state index contributed by atoms with van der Waals surface area (Å²) >= 11 is 11.6. The van der Waals surface area contributed by atoms with E-state index in [-0.39, 0.29) is 5.57 Å². The first-order valence-corrected chi connectivity index (χ1v) is 11.6. The molecule has 0 aliphatic heterocycles. The second-order valence-electron chi connectivity index (χ2n) is 6.55. The molecule has 5 nitrogen and oxygen atoms in total. The van der Waals surface area contributed by atoms with E-state index in [4.69, 9.17) is 21.1 Å². The van der Waals surface area contributed by atoms with Gasteiger partial charge in [-0.15, -0.1) is 0 Å². The highest BCUT2D eigenvalue weighted by atomic mass is 127. The minimum Gasteiger partial charge on any atom is -0.493 e. The van der Waals surface area contributed by atoms with Crippen molar-refractivity contribution in [2.24, 2.45) is 0 Å². The van der Waals surface area contributed by atoms with Crippen molar-refractivity contribution in [3.05, 3.63) is 90.4 Å². The summed E-state index contributed by atoms with van der Waals surface area (Å²) in [5.41, 5.74) is 2.09. The van der Waals surface area contributed by atoms with Crippen LogP contribution in [-0.2, 0) is 11.4 Å². The maximum atomic E-state index is 12.5. The van der Waals surface area contributed by atoms with Crippen LogP contribution >= 0.6 is 50.1 Å². The highest BCUT2D eigenvalue weighted by Gasteiger charge is 2.15. The number of rotatable bonds is 7. The number of anilines is 1. The summed E-state index contributed by atoms with van der Waals surface area (Å²) < 4.78 is 13.3. The summed E-state index contributed by atoms with van der Waals surface area (Å²) in [4.78, 5) is 12.5. The lowest BCUT2D eigenvalue weighted by atomic mass is 10.1. The van der Waals surface area contributed by atoms with Gasteiger partial charge in [0.15, 0.2) is 11.5 Å².